The Morgan fingerprint density at radius 2 is 1.95 bits per heavy atom. The highest BCUT2D eigenvalue weighted by atomic mass is 16.6. The van der Waals surface area contributed by atoms with Gasteiger partial charge in [0.2, 0.25) is 5.91 Å². The number of nitro benzene ring substituents is 1. The van der Waals surface area contributed by atoms with Gasteiger partial charge in [-0.3, -0.25) is 14.9 Å². The second-order valence-corrected chi connectivity index (χ2v) is 5.01. The van der Waals surface area contributed by atoms with Gasteiger partial charge >= 0.3 is 0 Å². The second kappa shape index (κ2) is 6.00. The highest BCUT2D eigenvalue weighted by Gasteiger charge is 2.21. The van der Waals surface area contributed by atoms with Gasteiger partial charge in [-0.15, -0.1) is 0 Å². The molecule has 0 saturated carbocycles. The fourth-order valence-corrected chi connectivity index (χ4v) is 2.57. The molecule has 0 aromatic heterocycles. The maximum Gasteiger partial charge on any atom is 0.293 e. The summed E-state index contributed by atoms with van der Waals surface area (Å²) in [4.78, 5) is 24.2. The van der Waals surface area contributed by atoms with Crippen molar-refractivity contribution in [3.05, 3.63) is 33.4 Å². The number of carbonyl (C=O) groups excluding carboxylic acids is 1. The molecule has 0 radical (unpaired) electrons. The lowest BCUT2D eigenvalue weighted by atomic mass is 10.0. The first-order chi connectivity index (χ1) is 9.51. The number of benzene rings is 1. The summed E-state index contributed by atoms with van der Waals surface area (Å²) < 4.78 is 0. The van der Waals surface area contributed by atoms with E-state index in [1.165, 1.54) is 6.92 Å². The maximum absolute atomic E-state index is 11.2. The molecular formula is C14H19N3O3. The van der Waals surface area contributed by atoms with Crippen LogP contribution in [0.5, 0.6) is 0 Å². The molecule has 1 aromatic rings. The summed E-state index contributed by atoms with van der Waals surface area (Å²) in [5.74, 6) is -0.295. The molecule has 2 rings (SSSR count). The van der Waals surface area contributed by atoms with Crippen molar-refractivity contribution in [2.45, 2.75) is 26.7 Å². The number of likely N-dealkylation sites (N-methyl/N-ethyl adjacent to an activating group) is 1. The van der Waals surface area contributed by atoms with E-state index in [2.05, 4.69) is 17.1 Å². The van der Waals surface area contributed by atoms with E-state index in [4.69, 9.17) is 0 Å². The van der Waals surface area contributed by atoms with E-state index in [-0.39, 0.29) is 11.6 Å². The lowest BCUT2D eigenvalue weighted by Crippen LogP contribution is -2.25. The largest absolute Gasteiger partial charge is 0.321 e. The highest BCUT2D eigenvalue weighted by molar-refractivity contribution is 5.91. The Bertz CT molecular complexity index is 543. The first-order valence-corrected chi connectivity index (χ1v) is 6.81. The summed E-state index contributed by atoms with van der Waals surface area (Å²) in [6.45, 7) is 6.31. The quantitative estimate of drug-likeness (QED) is 0.677. The monoisotopic (exact) mass is 277 g/mol. The van der Waals surface area contributed by atoms with Gasteiger partial charge in [0.1, 0.15) is 5.69 Å². The van der Waals surface area contributed by atoms with Gasteiger partial charge in [-0.25, -0.2) is 0 Å². The third-order valence-corrected chi connectivity index (χ3v) is 3.67. The predicted molar refractivity (Wildman–Crippen MR) is 76.9 cm³/mol. The first-order valence-electron chi connectivity index (χ1n) is 6.81. The van der Waals surface area contributed by atoms with Crippen molar-refractivity contribution >= 4 is 17.3 Å². The van der Waals surface area contributed by atoms with Gasteiger partial charge in [0.25, 0.3) is 5.69 Å². The van der Waals surface area contributed by atoms with Gasteiger partial charge < -0.3 is 10.2 Å². The van der Waals surface area contributed by atoms with Crippen LogP contribution in [0, 0.1) is 10.1 Å². The summed E-state index contributed by atoms with van der Waals surface area (Å²) >= 11 is 0. The molecule has 1 aromatic carbocycles. The minimum Gasteiger partial charge on any atom is -0.321 e. The average molecular weight is 277 g/mol. The Morgan fingerprint density at radius 3 is 2.45 bits per heavy atom. The second-order valence-electron chi connectivity index (χ2n) is 5.01. The van der Waals surface area contributed by atoms with E-state index in [1.807, 2.05) is 0 Å². The zero-order valence-electron chi connectivity index (χ0n) is 11.8. The number of anilines is 1. The number of carbonyl (C=O) groups is 1. The van der Waals surface area contributed by atoms with Gasteiger partial charge in [0, 0.05) is 26.1 Å². The van der Waals surface area contributed by atoms with Crippen LogP contribution in [-0.2, 0) is 17.6 Å². The molecule has 1 aliphatic rings. The number of rotatable bonds is 3. The number of hydrogen-bond acceptors (Lipinski definition) is 4. The Labute approximate surface area is 117 Å². The SMILES string of the molecule is CCN1CCc2cc(NC(C)=O)c([N+](=O)[O-])cc2CC1. The van der Waals surface area contributed by atoms with Crippen LogP contribution in [0.2, 0.25) is 0 Å². The molecule has 6 nitrogen and oxygen atoms in total. The lowest BCUT2D eigenvalue weighted by molar-refractivity contribution is -0.384. The van der Waals surface area contributed by atoms with Crippen LogP contribution in [0.3, 0.4) is 0 Å². The van der Waals surface area contributed by atoms with Gasteiger partial charge in [0.15, 0.2) is 0 Å². The lowest BCUT2D eigenvalue weighted by Gasteiger charge is -2.16. The molecule has 1 N–H and O–H groups in total. The summed E-state index contributed by atoms with van der Waals surface area (Å²) in [6, 6.07) is 3.37. The van der Waals surface area contributed by atoms with E-state index < -0.39 is 4.92 Å². The number of hydrogen-bond donors (Lipinski definition) is 1. The third-order valence-electron chi connectivity index (χ3n) is 3.67. The van der Waals surface area contributed by atoms with Crippen LogP contribution in [0.15, 0.2) is 12.1 Å². The normalized spacial score (nSPS) is 15.3. The maximum atomic E-state index is 11.2. The molecule has 0 bridgehead atoms. The fourth-order valence-electron chi connectivity index (χ4n) is 2.57. The van der Waals surface area contributed by atoms with Crippen molar-refractivity contribution in [3.63, 3.8) is 0 Å². The molecule has 0 aliphatic carbocycles. The standard InChI is InChI=1S/C14H19N3O3/c1-3-16-6-4-11-8-13(15-10(2)18)14(17(19)20)9-12(11)5-7-16/h8-9H,3-7H2,1-2H3,(H,15,18). The summed E-state index contributed by atoms with van der Waals surface area (Å²) in [7, 11) is 0. The minimum atomic E-state index is -0.436. The predicted octanol–water partition coefficient (Wildman–Crippen LogP) is 1.97. The Balaban J connectivity index is 2.39. The van der Waals surface area contributed by atoms with Crippen LogP contribution in [-0.4, -0.2) is 35.4 Å². The van der Waals surface area contributed by atoms with E-state index >= 15 is 0 Å². The molecular weight excluding hydrogens is 258 g/mol. The number of fused-ring (bicyclic) bond motifs is 1. The Kier molecular flexibility index (Phi) is 4.34. The molecule has 0 fully saturated rings. The molecule has 1 heterocycles. The fraction of sp³-hybridized carbons (Fsp3) is 0.500. The van der Waals surface area contributed by atoms with Crippen molar-refractivity contribution in [2.75, 3.05) is 25.0 Å². The number of nitro groups is 1. The van der Waals surface area contributed by atoms with E-state index in [0.29, 0.717) is 5.69 Å². The van der Waals surface area contributed by atoms with E-state index in [1.54, 1.807) is 12.1 Å². The molecule has 108 valence electrons. The molecule has 0 saturated heterocycles. The Morgan fingerprint density at radius 1 is 1.35 bits per heavy atom. The highest BCUT2D eigenvalue weighted by Crippen LogP contribution is 2.30. The van der Waals surface area contributed by atoms with Gasteiger partial charge in [-0.1, -0.05) is 6.92 Å². The average Bonchev–Trinajstić information content (AvgIpc) is 2.58. The molecule has 1 aliphatic heterocycles. The van der Waals surface area contributed by atoms with E-state index in [0.717, 1.165) is 43.6 Å². The molecule has 0 unspecified atom stereocenters. The number of nitrogens with one attached hydrogen (secondary N) is 1. The van der Waals surface area contributed by atoms with Crippen LogP contribution >= 0.6 is 0 Å². The van der Waals surface area contributed by atoms with E-state index in [9.17, 15) is 14.9 Å². The van der Waals surface area contributed by atoms with Gasteiger partial charge in [0.05, 0.1) is 4.92 Å². The van der Waals surface area contributed by atoms with Crippen LogP contribution < -0.4 is 5.32 Å². The molecule has 0 atom stereocenters. The molecule has 20 heavy (non-hydrogen) atoms. The van der Waals surface area contributed by atoms with Crippen molar-refractivity contribution in [2.24, 2.45) is 0 Å². The van der Waals surface area contributed by atoms with Crippen molar-refractivity contribution < 1.29 is 9.72 Å². The molecule has 1 amide bonds. The van der Waals surface area contributed by atoms with Crippen molar-refractivity contribution in [1.82, 2.24) is 4.90 Å². The first kappa shape index (κ1) is 14.5. The van der Waals surface area contributed by atoms with Crippen molar-refractivity contribution in [3.8, 4) is 0 Å². The third kappa shape index (κ3) is 3.14. The summed E-state index contributed by atoms with van der Waals surface area (Å²) in [5.41, 5.74) is 2.38. The summed E-state index contributed by atoms with van der Waals surface area (Å²) in [5, 5.41) is 13.7. The van der Waals surface area contributed by atoms with Gasteiger partial charge in [-0.2, -0.15) is 0 Å². The van der Waals surface area contributed by atoms with Crippen LogP contribution in [0.1, 0.15) is 25.0 Å². The minimum absolute atomic E-state index is 0.0242. The topological polar surface area (TPSA) is 75.5 Å². The smallest absolute Gasteiger partial charge is 0.293 e. The van der Waals surface area contributed by atoms with Crippen LogP contribution in [0.4, 0.5) is 11.4 Å². The van der Waals surface area contributed by atoms with Gasteiger partial charge in [-0.05, 0) is 36.6 Å². The molecule has 6 heteroatoms. The number of amides is 1. The summed E-state index contributed by atoms with van der Waals surface area (Å²) in [6.07, 6.45) is 1.66. The van der Waals surface area contributed by atoms with Crippen molar-refractivity contribution in [1.29, 1.82) is 0 Å². The Hall–Kier alpha value is -1.95. The zero-order chi connectivity index (χ0) is 14.7. The number of nitrogens with zero attached hydrogens (tertiary/aromatic N) is 2. The zero-order valence-corrected chi connectivity index (χ0v) is 11.8. The van der Waals surface area contributed by atoms with Crippen LogP contribution in [0.25, 0.3) is 0 Å². The molecule has 0 spiro atoms.